The van der Waals surface area contributed by atoms with Gasteiger partial charge in [0.2, 0.25) is 10.0 Å². The van der Waals surface area contributed by atoms with Gasteiger partial charge in [-0.15, -0.1) is 0 Å². The molecule has 0 radical (unpaired) electrons. The van der Waals surface area contributed by atoms with Gasteiger partial charge < -0.3 is 4.74 Å². The zero-order valence-corrected chi connectivity index (χ0v) is 14.3. The van der Waals surface area contributed by atoms with Gasteiger partial charge in [0, 0.05) is 18.1 Å². The Labute approximate surface area is 141 Å². The van der Waals surface area contributed by atoms with E-state index in [1.54, 1.807) is 18.2 Å². The van der Waals surface area contributed by atoms with Crippen LogP contribution in [0.15, 0.2) is 59.5 Å². The van der Waals surface area contributed by atoms with Crippen molar-refractivity contribution in [1.29, 1.82) is 0 Å². The molecular formula is C17H18ClNO3S. The second-order valence-corrected chi connectivity index (χ2v) is 8.00. The molecule has 122 valence electrons. The molecule has 1 aliphatic rings. The molecule has 4 nitrogen and oxygen atoms in total. The molecule has 2 unspecified atom stereocenters. The van der Waals surface area contributed by atoms with Crippen LogP contribution in [0.5, 0.6) is 0 Å². The lowest BCUT2D eigenvalue weighted by molar-refractivity contribution is -0.0557. The fraction of sp³-hybridized carbons (Fsp3) is 0.294. The van der Waals surface area contributed by atoms with Gasteiger partial charge >= 0.3 is 0 Å². The highest BCUT2D eigenvalue weighted by molar-refractivity contribution is 7.89. The molecule has 0 saturated carbocycles. The maximum atomic E-state index is 12.9. The van der Waals surface area contributed by atoms with Crippen LogP contribution in [-0.2, 0) is 14.8 Å². The second kappa shape index (κ2) is 6.61. The van der Waals surface area contributed by atoms with E-state index in [-0.39, 0.29) is 17.1 Å². The lowest BCUT2D eigenvalue weighted by atomic mass is 10.1. The third-order valence-electron chi connectivity index (χ3n) is 3.83. The molecule has 0 bridgehead atoms. The zero-order valence-electron chi connectivity index (χ0n) is 12.7. The summed E-state index contributed by atoms with van der Waals surface area (Å²) in [5, 5.41) is 0.409. The quantitative estimate of drug-likeness (QED) is 0.850. The van der Waals surface area contributed by atoms with Crippen LogP contribution in [0.25, 0.3) is 0 Å². The average molecular weight is 352 g/mol. The lowest BCUT2D eigenvalue weighted by Gasteiger charge is -2.36. The van der Waals surface area contributed by atoms with Crippen LogP contribution in [0, 0.1) is 0 Å². The van der Waals surface area contributed by atoms with E-state index < -0.39 is 10.0 Å². The third kappa shape index (κ3) is 3.58. The van der Waals surface area contributed by atoms with Crippen molar-refractivity contribution in [2.45, 2.75) is 24.0 Å². The van der Waals surface area contributed by atoms with Crippen molar-refractivity contribution in [2.24, 2.45) is 0 Å². The number of halogens is 1. The molecule has 2 atom stereocenters. The first kappa shape index (κ1) is 16.5. The van der Waals surface area contributed by atoms with E-state index in [0.29, 0.717) is 18.1 Å². The highest BCUT2D eigenvalue weighted by atomic mass is 35.5. The van der Waals surface area contributed by atoms with Crippen LogP contribution >= 0.6 is 11.6 Å². The van der Waals surface area contributed by atoms with Gasteiger partial charge in [0.05, 0.1) is 17.1 Å². The van der Waals surface area contributed by atoms with E-state index in [0.717, 1.165) is 5.56 Å². The summed E-state index contributed by atoms with van der Waals surface area (Å²) in [6.45, 7) is 2.51. The first-order valence-corrected chi connectivity index (χ1v) is 9.25. The molecule has 1 saturated heterocycles. The van der Waals surface area contributed by atoms with Crippen molar-refractivity contribution < 1.29 is 13.2 Å². The van der Waals surface area contributed by atoms with Crippen LogP contribution in [-0.4, -0.2) is 31.9 Å². The molecule has 0 amide bonds. The van der Waals surface area contributed by atoms with Crippen LogP contribution in [0.3, 0.4) is 0 Å². The van der Waals surface area contributed by atoms with Gasteiger partial charge in [-0.05, 0) is 30.7 Å². The third-order valence-corrected chi connectivity index (χ3v) is 5.89. The highest BCUT2D eigenvalue weighted by Crippen LogP contribution is 2.29. The number of benzene rings is 2. The molecule has 3 rings (SSSR count). The number of rotatable bonds is 3. The van der Waals surface area contributed by atoms with E-state index >= 15 is 0 Å². The maximum absolute atomic E-state index is 12.9. The van der Waals surface area contributed by atoms with Crippen LogP contribution in [0.4, 0.5) is 0 Å². The van der Waals surface area contributed by atoms with E-state index in [2.05, 4.69) is 0 Å². The molecule has 23 heavy (non-hydrogen) atoms. The predicted octanol–water partition coefficient (Wildman–Crippen LogP) is 3.49. The van der Waals surface area contributed by atoms with Gasteiger partial charge in [0.25, 0.3) is 0 Å². The molecule has 0 spiro atoms. The van der Waals surface area contributed by atoms with Gasteiger partial charge in [-0.1, -0.05) is 48.0 Å². The number of ether oxygens (including phenoxy) is 1. The molecular weight excluding hydrogens is 334 g/mol. The SMILES string of the molecule is CC1CN(S(=O)(=O)c2cccc(Cl)c2)CC(c2ccccc2)O1. The number of hydrogen-bond acceptors (Lipinski definition) is 3. The zero-order chi connectivity index (χ0) is 16.4. The molecule has 2 aromatic carbocycles. The van der Waals surface area contributed by atoms with Gasteiger partial charge in [-0.25, -0.2) is 8.42 Å². The van der Waals surface area contributed by atoms with E-state index in [9.17, 15) is 8.42 Å². The Kier molecular flexibility index (Phi) is 4.73. The summed E-state index contributed by atoms with van der Waals surface area (Å²) in [5.41, 5.74) is 0.977. The molecule has 0 aliphatic carbocycles. The van der Waals surface area contributed by atoms with Gasteiger partial charge in [-0.2, -0.15) is 4.31 Å². The van der Waals surface area contributed by atoms with Crippen molar-refractivity contribution in [3.8, 4) is 0 Å². The van der Waals surface area contributed by atoms with Crippen LogP contribution in [0.1, 0.15) is 18.6 Å². The molecule has 2 aromatic rings. The summed E-state index contributed by atoms with van der Waals surface area (Å²) < 4.78 is 33.1. The maximum Gasteiger partial charge on any atom is 0.243 e. The molecule has 0 N–H and O–H groups in total. The smallest absolute Gasteiger partial charge is 0.243 e. The van der Waals surface area contributed by atoms with E-state index in [4.69, 9.17) is 16.3 Å². The standard InChI is InChI=1S/C17H18ClNO3S/c1-13-11-19(12-17(22-13)14-6-3-2-4-7-14)23(20,21)16-9-5-8-15(18)10-16/h2-10,13,17H,11-12H2,1H3. The largest absolute Gasteiger partial charge is 0.368 e. The van der Waals surface area contributed by atoms with Crippen molar-refractivity contribution >= 4 is 21.6 Å². The highest BCUT2D eigenvalue weighted by Gasteiger charge is 2.34. The Bertz CT molecular complexity index is 779. The average Bonchev–Trinajstić information content (AvgIpc) is 2.55. The summed E-state index contributed by atoms with van der Waals surface area (Å²) in [5.74, 6) is 0. The number of nitrogens with zero attached hydrogens (tertiary/aromatic N) is 1. The minimum Gasteiger partial charge on any atom is -0.368 e. The van der Waals surface area contributed by atoms with Gasteiger partial charge in [0.1, 0.15) is 0 Å². The Balaban J connectivity index is 1.90. The second-order valence-electron chi connectivity index (χ2n) is 5.63. The number of sulfonamides is 1. The molecule has 1 fully saturated rings. The summed E-state index contributed by atoms with van der Waals surface area (Å²) in [4.78, 5) is 0.214. The van der Waals surface area contributed by atoms with Crippen LogP contribution in [0.2, 0.25) is 5.02 Å². The van der Waals surface area contributed by atoms with Crippen molar-refractivity contribution in [2.75, 3.05) is 13.1 Å². The summed E-state index contributed by atoms with van der Waals surface area (Å²) in [7, 11) is -3.59. The van der Waals surface area contributed by atoms with Gasteiger partial charge in [-0.3, -0.25) is 0 Å². The number of hydrogen-bond donors (Lipinski definition) is 0. The minimum atomic E-state index is -3.59. The van der Waals surface area contributed by atoms with Gasteiger partial charge in [0.15, 0.2) is 0 Å². The monoisotopic (exact) mass is 351 g/mol. The van der Waals surface area contributed by atoms with Crippen molar-refractivity contribution in [3.05, 3.63) is 65.2 Å². The number of morpholine rings is 1. The van der Waals surface area contributed by atoms with Crippen molar-refractivity contribution in [1.82, 2.24) is 4.31 Å². The summed E-state index contributed by atoms with van der Waals surface area (Å²) in [6, 6.07) is 16.0. The summed E-state index contributed by atoms with van der Waals surface area (Å²) in [6.07, 6.45) is -0.447. The first-order valence-electron chi connectivity index (χ1n) is 7.43. The molecule has 6 heteroatoms. The lowest BCUT2D eigenvalue weighted by Crippen LogP contribution is -2.45. The molecule has 0 aromatic heterocycles. The Hall–Kier alpha value is -1.40. The fourth-order valence-corrected chi connectivity index (χ4v) is 4.55. The van der Waals surface area contributed by atoms with Crippen molar-refractivity contribution in [3.63, 3.8) is 0 Å². The summed E-state index contributed by atoms with van der Waals surface area (Å²) >= 11 is 5.94. The first-order chi connectivity index (χ1) is 11.0. The Morgan fingerprint density at radius 2 is 1.83 bits per heavy atom. The molecule has 1 aliphatic heterocycles. The normalized spacial score (nSPS) is 22.9. The fourth-order valence-electron chi connectivity index (χ4n) is 2.74. The predicted molar refractivity (Wildman–Crippen MR) is 89.9 cm³/mol. The van der Waals surface area contributed by atoms with E-state index in [1.165, 1.54) is 10.4 Å². The Morgan fingerprint density at radius 1 is 1.09 bits per heavy atom. The Morgan fingerprint density at radius 3 is 2.52 bits per heavy atom. The minimum absolute atomic E-state index is 0.178. The topological polar surface area (TPSA) is 46.6 Å². The van der Waals surface area contributed by atoms with Crippen LogP contribution < -0.4 is 0 Å². The van der Waals surface area contributed by atoms with E-state index in [1.807, 2.05) is 37.3 Å². The molecule has 1 heterocycles.